The lowest BCUT2D eigenvalue weighted by atomic mass is 9.95. The number of hydrogen-bond donors (Lipinski definition) is 2. The number of amides is 1. The number of aromatic amines is 1. The summed E-state index contributed by atoms with van der Waals surface area (Å²) >= 11 is 1.63. The highest BCUT2D eigenvalue weighted by atomic mass is 32.1. The van der Waals surface area contributed by atoms with Gasteiger partial charge in [-0.2, -0.15) is 5.10 Å². The van der Waals surface area contributed by atoms with Gasteiger partial charge in [-0.15, -0.1) is 11.3 Å². The number of nitrogens with zero attached hydrogens (tertiary/aromatic N) is 4. The zero-order chi connectivity index (χ0) is 20.7. The number of likely N-dealkylation sites (tertiary alicyclic amines) is 1. The molecule has 0 saturated carbocycles. The Kier molecular flexibility index (Phi) is 5.02. The Morgan fingerprint density at radius 3 is 2.90 bits per heavy atom. The maximum absolute atomic E-state index is 13.4. The third-order valence-electron chi connectivity index (χ3n) is 6.15. The van der Waals surface area contributed by atoms with Crippen molar-refractivity contribution in [3.8, 4) is 0 Å². The summed E-state index contributed by atoms with van der Waals surface area (Å²) < 4.78 is 0. The van der Waals surface area contributed by atoms with E-state index in [9.17, 15) is 4.79 Å². The number of rotatable bonds is 4. The van der Waals surface area contributed by atoms with Crippen LogP contribution in [0.15, 0.2) is 18.2 Å². The molecule has 0 aromatic carbocycles. The quantitative estimate of drug-likeness (QED) is 0.647. The normalized spacial score (nSPS) is 18.5. The molecule has 0 spiro atoms. The number of hydrogen-bond acceptors (Lipinski definition) is 6. The van der Waals surface area contributed by atoms with Gasteiger partial charge in [0.1, 0.15) is 5.82 Å². The largest absolute Gasteiger partial charge is 0.329 e. The van der Waals surface area contributed by atoms with E-state index in [0.29, 0.717) is 5.69 Å². The Labute approximate surface area is 179 Å². The molecule has 1 aliphatic heterocycles. The monoisotopic (exact) mass is 422 g/mol. The molecule has 1 fully saturated rings. The minimum atomic E-state index is -0.0186. The van der Waals surface area contributed by atoms with Crippen molar-refractivity contribution in [3.63, 3.8) is 0 Å². The summed E-state index contributed by atoms with van der Waals surface area (Å²) in [5, 5.41) is 11.7. The van der Waals surface area contributed by atoms with E-state index in [1.165, 1.54) is 4.88 Å². The predicted octanol–water partition coefficient (Wildman–Crippen LogP) is 4.48. The Bertz CT molecular complexity index is 1070. The van der Waals surface area contributed by atoms with Gasteiger partial charge < -0.3 is 10.2 Å². The molecule has 3 aromatic heterocycles. The molecular weight excluding hydrogens is 396 g/mol. The molecule has 156 valence electrons. The molecule has 2 aliphatic rings. The summed E-state index contributed by atoms with van der Waals surface area (Å²) in [6.07, 6.45) is 6.12. The summed E-state index contributed by atoms with van der Waals surface area (Å²) in [5.41, 5.74) is 4.82. The second kappa shape index (κ2) is 7.83. The van der Waals surface area contributed by atoms with Gasteiger partial charge in [0.15, 0.2) is 10.8 Å². The average molecular weight is 423 g/mol. The maximum Gasteiger partial charge on any atom is 0.275 e. The van der Waals surface area contributed by atoms with Crippen LogP contribution in [0.1, 0.15) is 69.7 Å². The number of aryl methyl sites for hydroxylation is 3. The van der Waals surface area contributed by atoms with Gasteiger partial charge in [0, 0.05) is 22.7 Å². The van der Waals surface area contributed by atoms with Gasteiger partial charge in [-0.3, -0.25) is 9.89 Å². The van der Waals surface area contributed by atoms with Gasteiger partial charge in [-0.05, 0) is 64.5 Å². The van der Waals surface area contributed by atoms with Crippen LogP contribution in [0.4, 0.5) is 10.9 Å². The van der Waals surface area contributed by atoms with Crippen molar-refractivity contribution in [2.45, 2.75) is 58.4 Å². The maximum atomic E-state index is 13.4. The van der Waals surface area contributed by atoms with Crippen LogP contribution in [0, 0.1) is 13.8 Å². The lowest BCUT2D eigenvalue weighted by molar-refractivity contribution is 0.0725. The molecule has 1 amide bonds. The van der Waals surface area contributed by atoms with Crippen molar-refractivity contribution >= 4 is 28.2 Å². The topological polar surface area (TPSA) is 86.8 Å². The van der Waals surface area contributed by atoms with E-state index in [0.717, 1.165) is 78.7 Å². The summed E-state index contributed by atoms with van der Waals surface area (Å²) in [6.45, 7) is 4.82. The summed E-state index contributed by atoms with van der Waals surface area (Å²) in [5.74, 6) is 0.793. The van der Waals surface area contributed by atoms with Gasteiger partial charge in [-0.1, -0.05) is 6.07 Å². The number of fused-ring (bicyclic) bond motifs is 1. The van der Waals surface area contributed by atoms with Gasteiger partial charge in [0.2, 0.25) is 0 Å². The number of pyridine rings is 1. The van der Waals surface area contributed by atoms with Gasteiger partial charge in [-0.25, -0.2) is 9.97 Å². The first-order valence-corrected chi connectivity index (χ1v) is 11.5. The van der Waals surface area contributed by atoms with E-state index in [2.05, 4.69) is 27.4 Å². The Morgan fingerprint density at radius 1 is 1.20 bits per heavy atom. The van der Waals surface area contributed by atoms with Crippen molar-refractivity contribution in [2.75, 3.05) is 11.9 Å². The van der Waals surface area contributed by atoms with Crippen LogP contribution in [-0.2, 0) is 12.8 Å². The van der Waals surface area contributed by atoms with Crippen molar-refractivity contribution < 1.29 is 4.79 Å². The van der Waals surface area contributed by atoms with Crippen LogP contribution in [0.25, 0.3) is 0 Å². The number of carbonyl (C=O) groups excluding carboxylic acids is 1. The Balaban J connectivity index is 1.38. The van der Waals surface area contributed by atoms with Crippen LogP contribution >= 0.6 is 11.3 Å². The molecule has 5 rings (SSSR count). The van der Waals surface area contributed by atoms with Crippen molar-refractivity contribution in [1.29, 1.82) is 0 Å². The number of aromatic nitrogens is 4. The molecule has 0 bridgehead atoms. The standard InChI is InChI=1S/C22H26N6OS/c1-13-14(2)30-22(23-13)25-19-11-5-9-17(24-19)18-10-6-12-28(18)21(29)20-15-7-3-4-8-16(15)26-27-20/h5,9,11,18H,3-4,6-8,10,12H2,1-2H3,(H,26,27)(H,23,24,25)/t18-/m1/s1. The second-order valence-electron chi connectivity index (χ2n) is 8.13. The van der Waals surface area contributed by atoms with E-state index >= 15 is 0 Å². The number of nitrogens with one attached hydrogen (secondary N) is 2. The fourth-order valence-corrected chi connectivity index (χ4v) is 5.28. The van der Waals surface area contributed by atoms with Crippen molar-refractivity contribution in [3.05, 3.63) is 51.4 Å². The van der Waals surface area contributed by atoms with Gasteiger partial charge >= 0.3 is 0 Å². The molecule has 3 aromatic rings. The third-order valence-corrected chi connectivity index (χ3v) is 7.14. The fraction of sp³-hybridized carbons (Fsp3) is 0.455. The lowest BCUT2D eigenvalue weighted by Gasteiger charge is -2.24. The van der Waals surface area contributed by atoms with Crippen LogP contribution in [0.3, 0.4) is 0 Å². The first-order valence-electron chi connectivity index (χ1n) is 10.7. The smallest absolute Gasteiger partial charge is 0.275 e. The lowest BCUT2D eigenvalue weighted by Crippen LogP contribution is -2.32. The molecule has 8 heteroatoms. The van der Waals surface area contributed by atoms with Gasteiger partial charge in [0.25, 0.3) is 5.91 Å². The molecule has 1 atom stereocenters. The minimum absolute atomic E-state index is 0.0186. The number of carbonyl (C=O) groups is 1. The highest BCUT2D eigenvalue weighted by Crippen LogP contribution is 2.34. The summed E-state index contributed by atoms with van der Waals surface area (Å²) in [6, 6.07) is 5.94. The van der Waals surface area contributed by atoms with Crippen LogP contribution in [0.5, 0.6) is 0 Å². The first kappa shape index (κ1) is 19.2. The zero-order valence-corrected chi connectivity index (χ0v) is 18.2. The first-order chi connectivity index (χ1) is 14.6. The molecular formula is C22H26N6OS. The summed E-state index contributed by atoms with van der Waals surface area (Å²) in [4.78, 5) is 25.9. The molecule has 1 saturated heterocycles. The van der Waals surface area contributed by atoms with E-state index in [4.69, 9.17) is 4.98 Å². The minimum Gasteiger partial charge on any atom is -0.329 e. The molecule has 7 nitrogen and oxygen atoms in total. The number of thiazole rings is 1. The summed E-state index contributed by atoms with van der Waals surface area (Å²) in [7, 11) is 0. The molecule has 30 heavy (non-hydrogen) atoms. The number of anilines is 2. The van der Waals surface area contributed by atoms with Crippen LogP contribution in [-0.4, -0.2) is 37.5 Å². The molecule has 0 radical (unpaired) electrons. The second-order valence-corrected chi connectivity index (χ2v) is 9.33. The van der Waals surface area contributed by atoms with Crippen molar-refractivity contribution in [2.24, 2.45) is 0 Å². The average Bonchev–Trinajstić information content (AvgIpc) is 3.47. The van der Waals surface area contributed by atoms with Crippen molar-refractivity contribution in [1.82, 2.24) is 25.1 Å². The number of H-pyrrole nitrogens is 1. The fourth-order valence-electron chi connectivity index (χ4n) is 4.45. The predicted molar refractivity (Wildman–Crippen MR) is 117 cm³/mol. The highest BCUT2D eigenvalue weighted by molar-refractivity contribution is 7.15. The van der Waals surface area contributed by atoms with E-state index in [-0.39, 0.29) is 11.9 Å². The SMILES string of the molecule is Cc1nc(Nc2cccc([C@H]3CCCN3C(=O)c3n[nH]c4c3CCCC4)n2)sc1C. The Hall–Kier alpha value is -2.74. The Morgan fingerprint density at radius 2 is 2.07 bits per heavy atom. The van der Waals surface area contributed by atoms with Crippen LogP contribution in [0.2, 0.25) is 0 Å². The van der Waals surface area contributed by atoms with E-state index < -0.39 is 0 Å². The zero-order valence-electron chi connectivity index (χ0n) is 17.4. The molecule has 1 aliphatic carbocycles. The highest BCUT2D eigenvalue weighted by Gasteiger charge is 2.34. The van der Waals surface area contributed by atoms with Crippen LogP contribution < -0.4 is 5.32 Å². The molecule has 2 N–H and O–H groups in total. The van der Waals surface area contributed by atoms with Gasteiger partial charge in [0.05, 0.1) is 17.4 Å². The molecule has 4 heterocycles. The van der Waals surface area contributed by atoms with E-state index in [1.807, 2.05) is 30.0 Å². The molecule has 0 unspecified atom stereocenters. The third kappa shape index (κ3) is 3.49. The van der Waals surface area contributed by atoms with E-state index in [1.54, 1.807) is 11.3 Å².